The van der Waals surface area contributed by atoms with Gasteiger partial charge in [-0.1, -0.05) is 21.5 Å². The van der Waals surface area contributed by atoms with E-state index in [2.05, 4.69) is 15.9 Å². The molecule has 1 nitrogen and oxygen atoms in total. The molecule has 52 valence electrons. The molecule has 0 unspecified atom stereocenters. The molecule has 0 aliphatic rings. The predicted octanol–water partition coefficient (Wildman–Crippen LogP) is 2.79. The third-order valence-corrected chi connectivity index (χ3v) is 1.79. The Bertz CT molecular complexity index is 136. The van der Waals surface area contributed by atoms with E-state index in [-0.39, 0.29) is 0 Å². The molecule has 0 aliphatic heterocycles. The fourth-order valence-electron chi connectivity index (χ4n) is 0.374. The summed E-state index contributed by atoms with van der Waals surface area (Å²) in [5, 5.41) is 9.73. The summed E-state index contributed by atoms with van der Waals surface area (Å²) in [6.45, 7) is 3.75. The number of alkyl halides is 1. The van der Waals surface area contributed by atoms with Crippen molar-refractivity contribution in [2.75, 3.05) is 5.33 Å². The molecule has 0 aromatic carbocycles. The molecule has 0 atom stereocenters. The highest BCUT2D eigenvalue weighted by Gasteiger charge is 1.85. The van der Waals surface area contributed by atoms with Crippen molar-refractivity contribution >= 4 is 15.9 Å². The molecule has 0 radical (unpaired) electrons. The maximum atomic E-state index is 8.92. The zero-order chi connectivity index (χ0) is 7.28. The summed E-state index contributed by atoms with van der Waals surface area (Å²) in [4.78, 5) is 0. The van der Waals surface area contributed by atoms with Crippen LogP contribution in [0.4, 0.5) is 0 Å². The zero-order valence-corrected chi connectivity index (χ0v) is 7.27. The maximum Gasteiger partial charge on any atom is 0.111 e. The first-order valence-corrected chi connectivity index (χ1v) is 3.91. The average Bonchev–Trinajstić information content (AvgIpc) is 1.87. The van der Waals surface area contributed by atoms with Crippen LogP contribution in [-0.2, 0) is 0 Å². The van der Waals surface area contributed by atoms with E-state index in [9.17, 15) is 0 Å². The van der Waals surface area contributed by atoms with Gasteiger partial charge < -0.3 is 5.11 Å². The zero-order valence-electron chi connectivity index (χ0n) is 5.69. The molecule has 0 spiro atoms. The van der Waals surface area contributed by atoms with Crippen LogP contribution in [-0.4, -0.2) is 10.4 Å². The molecular weight excluding hydrogens is 180 g/mol. The van der Waals surface area contributed by atoms with Gasteiger partial charge in [-0.2, -0.15) is 0 Å². The van der Waals surface area contributed by atoms with Crippen LogP contribution in [0.1, 0.15) is 13.8 Å². The van der Waals surface area contributed by atoms with Crippen molar-refractivity contribution in [3.05, 3.63) is 23.5 Å². The van der Waals surface area contributed by atoms with Gasteiger partial charge in [0.1, 0.15) is 5.76 Å². The van der Waals surface area contributed by atoms with Crippen LogP contribution in [0.2, 0.25) is 0 Å². The second-order valence-electron chi connectivity index (χ2n) is 1.84. The van der Waals surface area contributed by atoms with Crippen LogP contribution < -0.4 is 0 Å². The SMILES string of the molecule is C/C=C(O)\C=C(/C)CBr. The van der Waals surface area contributed by atoms with Crippen molar-refractivity contribution in [1.82, 2.24) is 0 Å². The summed E-state index contributed by atoms with van der Waals surface area (Å²) in [6, 6.07) is 0. The Kier molecular flexibility index (Phi) is 4.50. The molecule has 0 saturated carbocycles. The lowest BCUT2D eigenvalue weighted by Gasteiger charge is -1.91. The first-order valence-electron chi connectivity index (χ1n) is 2.79. The van der Waals surface area contributed by atoms with E-state index in [1.165, 1.54) is 0 Å². The summed E-state index contributed by atoms with van der Waals surface area (Å²) in [5.41, 5.74) is 1.12. The molecule has 0 fully saturated rings. The number of allylic oxidation sites excluding steroid dienone is 3. The molecule has 0 amide bonds. The van der Waals surface area contributed by atoms with Crippen molar-refractivity contribution in [1.29, 1.82) is 0 Å². The fraction of sp³-hybridized carbons (Fsp3) is 0.429. The highest BCUT2D eigenvalue weighted by Crippen LogP contribution is 2.01. The van der Waals surface area contributed by atoms with E-state index >= 15 is 0 Å². The Morgan fingerprint density at radius 2 is 2.22 bits per heavy atom. The lowest BCUT2D eigenvalue weighted by molar-refractivity contribution is 0.430. The average molecular weight is 191 g/mol. The van der Waals surface area contributed by atoms with Gasteiger partial charge >= 0.3 is 0 Å². The maximum absolute atomic E-state index is 8.92. The fourth-order valence-corrected chi connectivity index (χ4v) is 0.536. The summed E-state index contributed by atoms with van der Waals surface area (Å²) < 4.78 is 0. The van der Waals surface area contributed by atoms with Crippen molar-refractivity contribution in [2.24, 2.45) is 0 Å². The predicted molar refractivity (Wildman–Crippen MR) is 43.9 cm³/mol. The lowest BCUT2D eigenvalue weighted by Crippen LogP contribution is -1.78. The first-order chi connectivity index (χ1) is 4.20. The summed E-state index contributed by atoms with van der Waals surface area (Å²) in [6.07, 6.45) is 3.39. The Hall–Kier alpha value is -0.240. The monoisotopic (exact) mass is 190 g/mol. The third-order valence-electron chi connectivity index (χ3n) is 0.901. The van der Waals surface area contributed by atoms with E-state index in [1.807, 2.05) is 6.92 Å². The van der Waals surface area contributed by atoms with E-state index in [4.69, 9.17) is 5.11 Å². The van der Waals surface area contributed by atoms with Gasteiger partial charge in [0.15, 0.2) is 0 Å². The summed E-state index contributed by atoms with van der Waals surface area (Å²) in [5.74, 6) is 0.326. The minimum absolute atomic E-state index is 0.326. The van der Waals surface area contributed by atoms with Gasteiger partial charge in [-0.25, -0.2) is 0 Å². The normalized spacial score (nSPS) is 14.1. The number of hydrogen-bond acceptors (Lipinski definition) is 1. The van der Waals surface area contributed by atoms with E-state index in [1.54, 1.807) is 19.1 Å². The smallest absolute Gasteiger partial charge is 0.111 e. The highest BCUT2D eigenvalue weighted by molar-refractivity contribution is 9.09. The van der Waals surface area contributed by atoms with Crippen LogP contribution in [0, 0.1) is 0 Å². The van der Waals surface area contributed by atoms with E-state index in [0.29, 0.717) is 5.76 Å². The highest BCUT2D eigenvalue weighted by atomic mass is 79.9. The number of halogens is 1. The molecular formula is C7H11BrO. The molecule has 0 saturated heterocycles. The molecule has 0 aromatic heterocycles. The largest absolute Gasteiger partial charge is 0.508 e. The van der Waals surface area contributed by atoms with Gasteiger partial charge in [-0.05, 0) is 26.0 Å². The topological polar surface area (TPSA) is 20.2 Å². The van der Waals surface area contributed by atoms with Crippen LogP contribution in [0.15, 0.2) is 23.5 Å². The Labute approximate surface area is 64.2 Å². The van der Waals surface area contributed by atoms with E-state index < -0.39 is 0 Å². The molecule has 0 aliphatic carbocycles. The molecule has 0 aromatic rings. The first kappa shape index (κ1) is 8.76. The number of aliphatic hydroxyl groups is 1. The molecule has 0 heterocycles. The van der Waals surface area contributed by atoms with Gasteiger partial charge in [0.2, 0.25) is 0 Å². The number of rotatable bonds is 2. The van der Waals surface area contributed by atoms with Crippen molar-refractivity contribution < 1.29 is 5.11 Å². The lowest BCUT2D eigenvalue weighted by atomic mass is 10.3. The van der Waals surface area contributed by atoms with Crippen LogP contribution in [0.25, 0.3) is 0 Å². The van der Waals surface area contributed by atoms with Gasteiger partial charge in [-0.15, -0.1) is 0 Å². The van der Waals surface area contributed by atoms with Crippen LogP contribution in [0.3, 0.4) is 0 Å². The summed E-state index contributed by atoms with van der Waals surface area (Å²) in [7, 11) is 0. The Balaban J connectivity index is 3.95. The van der Waals surface area contributed by atoms with Crippen molar-refractivity contribution in [2.45, 2.75) is 13.8 Å². The van der Waals surface area contributed by atoms with Crippen molar-refractivity contribution in [3.8, 4) is 0 Å². The third kappa shape index (κ3) is 4.28. The minimum atomic E-state index is 0.326. The van der Waals surface area contributed by atoms with Gasteiger partial charge in [0, 0.05) is 5.33 Å². The van der Waals surface area contributed by atoms with Gasteiger partial charge in [-0.3, -0.25) is 0 Å². The van der Waals surface area contributed by atoms with Crippen molar-refractivity contribution in [3.63, 3.8) is 0 Å². The number of aliphatic hydroxyl groups excluding tert-OH is 1. The Morgan fingerprint density at radius 1 is 1.67 bits per heavy atom. The Morgan fingerprint density at radius 3 is 2.56 bits per heavy atom. The molecule has 9 heavy (non-hydrogen) atoms. The van der Waals surface area contributed by atoms with Gasteiger partial charge in [0.05, 0.1) is 0 Å². The second kappa shape index (κ2) is 4.62. The number of hydrogen-bond donors (Lipinski definition) is 1. The van der Waals surface area contributed by atoms with Crippen LogP contribution >= 0.6 is 15.9 Å². The standard InChI is InChI=1S/C7H11BrO/c1-3-7(9)4-6(2)5-8/h3-4,9H,5H2,1-2H3/b6-4+,7-3+. The van der Waals surface area contributed by atoms with E-state index in [0.717, 1.165) is 10.9 Å². The summed E-state index contributed by atoms with van der Waals surface area (Å²) >= 11 is 3.27. The van der Waals surface area contributed by atoms with Crippen LogP contribution in [0.5, 0.6) is 0 Å². The molecule has 0 bridgehead atoms. The second-order valence-corrected chi connectivity index (χ2v) is 2.40. The minimum Gasteiger partial charge on any atom is -0.508 e. The molecule has 1 N–H and O–H groups in total. The molecule has 0 rings (SSSR count). The van der Waals surface area contributed by atoms with Gasteiger partial charge in [0.25, 0.3) is 0 Å². The molecule has 2 heteroatoms. The quantitative estimate of drug-likeness (QED) is 0.404.